The van der Waals surface area contributed by atoms with E-state index in [4.69, 9.17) is 24.7 Å². The van der Waals surface area contributed by atoms with Gasteiger partial charge in [-0.1, -0.05) is 294 Å². The van der Waals surface area contributed by atoms with Crippen LogP contribution in [0.2, 0.25) is 0 Å². The van der Waals surface area contributed by atoms with Crippen LogP contribution in [0, 0.1) is 0 Å². The maximum Gasteiger partial charge on any atom is 0.343 e. The number of nitrogens with one attached hydrogen (secondary N) is 4. The second-order valence-electron chi connectivity index (χ2n) is 39.5. The van der Waals surface area contributed by atoms with Crippen LogP contribution in [-0.2, 0) is 32.5 Å². The van der Waals surface area contributed by atoms with Gasteiger partial charge in [-0.25, -0.2) is 24.7 Å². The zero-order valence-electron chi connectivity index (χ0n) is 73.8. The standard InChI is InChI=1S/C113H106N8O2/c1-108(2,3)76-36-22-67(23-37-76)99-83-50-52-87(114-83)101(69-26-40-78(41-27-69)110(7,8)9)89-58-60-95(118-89)105(96-61-59-90(119-96)102(88-53-51-84(99)115-88)70-28-42-79(43-29-70)111(10,11)12)73-34-48-82(49-35-73)123-107(122)75-21-19-20-74(66-75)106-97-64-62-93(120-97)103(71-30-44-80(45-31-71)112(13,14)15)91-56-54-85(116-91)100(68-24-38-77(39-25-68)109(4,5)6)86-55-57-92(117-86)104(94-63-65-98(106)121-94)72-32-46-81(47-33-72)113(16,17)18/h19-66,114,116,119,121H,1-18H3. The van der Waals surface area contributed by atoms with E-state index in [0.717, 1.165) is 173 Å². The maximum absolute atomic E-state index is 15.2. The van der Waals surface area contributed by atoms with Crippen LogP contribution in [0.25, 0.3) is 182 Å². The van der Waals surface area contributed by atoms with E-state index < -0.39 is 5.97 Å². The Labute approximate surface area is 722 Å². The number of ether oxygens (including phenoxy) is 1. The van der Waals surface area contributed by atoms with Gasteiger partial charge in [0.2, 0.25) is 0 Å². The molecule has 14 aromatic rings. The average molecular weight is 1610 g/mol. The number of carbonyl (C=O) groups excluding carboxylic acids is 1. The van der Waals surface area contributed by atoms with Gasteiger partial charge in [0.25, 0.3) is 0 Å². The van der Waals surface area contributed by atoms with E-state index in [1.165, 1.54) is 33.4 Å². The Bertz CT molecular complexity index is 6940. The van der Waals surface area contributed by atoms with Crippen LogP contribution in [0.5, 0.6) is 5.75 Å². The molecule has 4 N–H and O–H groups in total. The molecule has 0 radical (unpaired) electrons. The van der Waals surface area contributed by atoms with Crippen molar-refractivity contribution in [2.45, 2.75) is 157 Å². The average Bonchev–Trinajstić information content (AvgIpc) is 1.62. The van der Waals surface area contributed by atoms with Crippen molar-refractivity contribution in [3.63, 3.8) is 0 Å². The number of esters is 1. The zero-order chi connectivity index (χ0) is 86.0. The maximum atomic E-state index is 15.2. The van der Waals surface area contributed by atoms with Crippen molar-refractivity contribution in [2.24, 2.45) is 0 Å². The minimum Gasteiger partial charge on any atom is -0.423 e. The summed E-state index contributed by atoms with van der Waals surface area (Å²) in [5.74, 6) is -0.138. The first kappa shape index (κ1) is 80.5. The van der Waals surface area contributed by atoms with Crippen molar-refractivity contribution >= 4 is 98.7 Å². The smallest absolute Gasteiger partial charge is 0.343 e. The first-order valence-electron chi connectivity index (χ1n) is 43.0. The largest absolute Gasteiger partial charge is 0.423 e. The fourth-order valence-electron chi connectivity index (χ4n) is 17.3. The molecule has 6 aromatic heterocycles. The predicted octanol–water partition coefficient (Wildman–Crippen LogP) is 30.0. The Hall–Kier alpha value is -13.6. The van der Waals surface area contributed by atoms with Crippen molar-refractivity contribution < 1.29 is 9.53 Å². The lowest BCUT2D eigenvalue weighted by atomic mass is 9.86. The quantitative estimate of drug-likeness (QED) is 0.0794. The van der Waals surface area contributed by atoms with Crippen molar-refractivity contribution in [2.75, 3.05) is 0 Å². The monoisotopic (exact) mass is 1610 g/mol. The van der Waals surface area contributed by atoms with Gasteiger partial charge in [-0.05, 0) is 232 Å². The Morgan fingerprint density at radius 3 is 0.585 bits per heavy atom. The fourth-order valence-corrected chi connectivity index (χ4v) is 17.3. The second kappa shape index (κ2) is 30.5. The van der Waals surface area contributed by atoms with Gasteiger partial charge in [0, 0.05) is 88.6 Å². The highest BCUT2D eigenvalue weighted by molar-refractivity contribution is 6.04. The van der Waals surface area contributed by atoms with E-state index >= 15 is 4.79 Å². The van der Waals surface area contributed by atoms with E-state index in [1.807, 2.05) is 48.5 Å². The topological polar surface area (TPSA) is 141 Å². The van der Waals surface area contributed by atoms with Crippen molar-refractivity contribution in [3.05, 3.63) is 327 Å². The summed E-state index contributed by atoms with van der Waals surface area (Å²) >= 11 is 0. The lowest BCUT2D eigenvalue weighted by molar-refractivity contribution is 0.0734. The molecule has 0 fully saturated rings. The Balaban J connectivity index is 0.784. The van der Waals surface area contributed by atoms with Gasteiger partial charge in [0.05, 0.1) is 51.1 Å². The number of carbonyl (C=O) groups is 1. The summed E-state index contributed by atoms with van der Waals surface area (Å²) in [6.07, 6.45) is 17.1. The van der Waals surface area contributed by atoms with Gasteiger partial charge in [-0.15, -0.1) is 0 Å². The minimum absolute atomic E-state index is 0.0319. The van der Waals surface area contributed by atoms with Gasteiger partial charge < -0.3 is 24.7 Å². The third-order valence-corrected chi connectivity index (χ3v) is 24.5. The van der Waals surface area contributed by atoms with Crippen LogP contribution >= 0.6 is 0 Å². The number of aromatic nitrogens is 8. The highest BCUT2D eigenvalue weighted by atomic mass is 16.5. The SMILES string of the molecule is CC(C)(C)c1ccc(-c2c3nc(c(-c4ccc(C(C)(C)C)cc4)c4ccc([nH]4)c(-c4ccc(C(C)(C)C)cc4)c4nc(c(-c5ccc(OC(=O)c6cccc(-c7c8nc(c(-c9ccc(C(C)(C)C)cc9)c9ccc([nH]9)c(-c9ccc(C(C)(C)C)cc9)c9nc(c(-c%10ccc(C(C)(C)C)cc%10)c%10ccc7[nH]%10)C=C9)C=C8)c6)cc5)c5ccc2[nH]5)C=C4)C=C3)cc1. The molecule has 123 heavy (non-hydrogen) atoms. The molecule has 10 heteroatoms. The van der Waals surface area contributed by atoms with Gasteiger partial charge in [-0.3, -0.25) is 0 Å². The number of fused-ring (bicyclic) bond motifs is 16. The molecule has 4 aliphatic heterocycles. The number of H-pyrrole nitrogens is 4. The minimum atomic E-state index is -0.516. The highest BCUT2D eigenvalue weighted by Crippen LogP contribution is 2.45. The number of benzene rings is 8. The molecule has 18 rings (SSSR count). The van der Waals surface area contributed by atoms with Crippen LogP contribution in [0.3, 0.4) is 0 Å². The van der Waals surface area contributed by atoms with Crippen molar-refractivity contribution in [1.29, 1.82) is 0 Å². The highest BCUT2D eigenvalue weighted by Gasteiger charge is 2.28. The summed E-state index contributed by atoms with van der Waals surface area (Å²) in [6, 6.07) is 86.4. The third-order valence-electron chi connectivity index (χ3n) is 24.5. The molecule has 0 unspecified atom stereocenters. The first-order valence-corrected chi connectivity index (χ1v) is 43.0. The molecule has 0 spiro atoms. The van der Waals surface area contributed by atoms with Crippen LogP contribution in [0.4, 0.5) is 0 Å². The van der Waals surface area contributed by atoms with Crippen LogP contribution < -0.4 is 4.74 Å². The summed E-state index contributed by atoms with van der Waals surface area (Å²) < 4.78 is 6.51. The number of hydrogen-bond donors (Lipinski definition) is 4. The Kier molecular flexibility index (Phi) is 20.0. The van der Waals surface area contributed by atoms with E-state index in [2.05, 4.69) is 387 Å². The van der Waals surface area contributed by atoms with E-state index in [0.29, 0.717) is 17.0 Å². The molecule has 8 aromatic carbocycles. The lowest BCUT2D eigenvalue weighted by Crippen LogP contribution is -2.10. The molecule has 0 atom stereocenters. The Morgan fingerprint density at radius 2 is 0.398 bits per heavy atom. The lowest BCUT2D eigenvalue weighted by Gasteiger charge is -2.19. The second-order valence-corrected chi connectivity index (χ2v) is 39.5. The van der Waals surface area contributed by atoms with Crippen LogP contribution in [0.1, 0.15) is 214 Å². The molecule has 10 heterocycles. The molecular weight excluding hydrogens is 1500 g/mol. The molecule has 16 bridgehead atoms. The Morgan fingerprint density at radius 1 is 0.220 bits per heavy atom. The van der Waals surface area contributed by atoms with E-state index in [9.17, 15) is 0 Å². The first-order chi connectivity index (χ1) is 58.6. The summed E-state index contributed by atoms with van der Waals surface area (Å²) in [4.78, 5) is 53.7. The van der Waals surface area contributed by atoms with Crippen LogP contribution in [-0.4, -0.2) is 45.8 Å². The summed E-state index contributed by atoms with van der Waals surface area (Å²) in [6.45, 7) is 40.5. The van der Waals surface area contributed by atoms with Gasteiger partial charge in [-0.2, -0.15) is 0 Å². The van der Waals surface area contributed by atoms with E-state index in [-0.39, 0.29) is 32.5 Å². The molecular formula is C113H106N8O2. The third kappa shape index (κ3) is 15.8. The molecule has 0 saturated heterocycles. The number of nitrogens with zero attached hydrogens (tertiary/aromatic N) is 4. The molecule has 4 aliphatic rings. The van der Waals surface area contributed by atoms with Crippen LogP contribution in [0.15, 0.2) is 243 Å². The van der Waals surface area contributed by atoms with E-state index in [1.54, 1.807) is 0 Å². The van der Waals surface area contributed by atoms with Crippen molar-refractivity contribution in [1.82, 2.24) is 39.9 Å². The van der Waals surface area contributed by atoms with Gasteiger partial charge in [0.1, 0.15) is 5.75 Å². The number of hydrogen-bond acceptors (Lipinski definition) is 6. The summed E-state index contributed by atoms with van der Waals surface area (Å²) in [5.41, 5.74) is 36.3. The summed E-state index contributed by atoms with van der Waals surface area (Å²) in [5, 5.41) is 0. The molecule has 0 amide bonds. The number of aromatic amines is 4. The summed E-state index contributed by atoms with van der Waals surface area (Å²) in [7, 11) is 0. The fraction of sp³-hybridized carbons (Fsp3) is 0.212. The molecule has 610 valence electrons. The van der Waals surface area contributed by atoms with Gasteiger partial charge >= 0.3 is 5.97 Å². The molecule has 10 nitrogen and oxygen atoms in total. The molecule has 0 saturated carbocycles. The normalized spacial score (nSPS) is 13.0. The van der Waals surface area contributed by atoms with Gasteiger partial charge in [0.15, 0.2) is 0 Å². The predicted molar refractivity (Wildman–Crippen MR) is 518 cm³/mol. The van der Waals surface area contributed by atoms with Crippen molar-refractivity contribution in [3.8, 4) is 94.8 Å². The molecule has 0 aliphatic carbocycles. The zero-order valence-corrected chi connectivity index (χ0v) is 73.8. The number of rotatable bonds is 10.